The van der Waals surface area contributed by atoms with Crippen LogP contribution < -0.4 is 15.2 Å². The first-order valence-corrected chi connectivity index (χ1v) is 8.79. The molecule has 27 heavy (non-hydrogen) atoms. The van der Waals surface area contributed by atoms with E-state index < -0.39 is 5.91 Å². The summed E-state index contributed by atoms with van der Waals surface area (Å²) in [6.07, 6.45) is 3.19. The third kappa shape index (κ3) is 5.01. The number of amides is 2. The van der Waals surface area contributed by atoms with Crippen LogP contribution in [-0.2, 0) is 16.1 Å². The molecule has 2 N–H and O–H groups in total. The van der Waals surface area contributed by atoms with E-state index in [0.29, 0.717) is 28.6 Å². The minimum absolute atomic E-state index is 0.0995. The summed E-state index contributed by atoms with van der Waals surface area (Å²) in [4.78, 5) is 25.4. The van der Waals surface area contributed by atoms with Crippen LogP contribution in [0.3, 0.4) is 0 Å². The molecular weight excluding hydrogens is 368 g/mol. The van der Waals surface area contributed by atoms with Gasteiger partial charge in [0.05, 0.1) is 5.02 Å². The molecule has 1 aliphatic rings. The van der Waals surface area contributed by atoms with Gasteiger partial charge in [-0.05, 0) is 29.3 Å². The molecule has 0 saturated heterocycles. The number of rotatable bonds is 7. The molecule has 0 bridgehead atoms. The molecule has 0 radical (unpaired) electrons. The van der Waals surface area contributed by atoms with Crippen molar-refractivity contribution < 1.29 is 19.1 Å². The fourth-order valence-electron chi connectivity index (χ4n) is 2.67. The van der Waals surface area contributed by atoms with E-state index in [9.17, 15) is 9.59 Å². The van der Waals surface area contributed by atoms with Gasteiger partial charge in [0.1, 0.15) is 0 Å². The average Bonchev–Trinajstić information content (AvgIpc) is 3.13. The number of carbonyl (C=O) groups excluding carboxylic acids is 2. The molecule has 2 amide bonds. The number of primary amides is 1. The maximum Gasteiger partial charge on any atom is 0.246 e. The second kappa shape index (κ2) is 8.60. The van der Waals surface area contributed by atoms with Crippen molar-refractivity contribution in [1.82, 2.24) is 4.90 Å². The lowest BCUT2D eigenvalue weighted by Gasteiger charge is -2.20. The summed E-state index contributed by atoms with van der Waals surface area (Å²) in [5.74, 6) is 0.373. The first kappa shape index (κ1) is 18.8. The molecule has 7 heteroatoms. The lowest BCUT2D eigenvalue weighted by molar-refractivity contribution is -0.127. The van der Waals surface area contributed by atoms with Crippen LogP contribution in [0, 0.1) is 0 Å². The van der Waals surface area contributed by atoms with Gasteiger partial charge in [-0.15, -0.1) is 0 Å². The number of hydrogen-bond acceptors (Lipinski definition) is 4. The molecule has 0 aromatic heterocycles. The Balaban J connectivity index is 1.74. The summed E-state index contributed by atoms with van der Waals surface area (Å²) in [5.41, 5.74) is 6.92. The highest BCUT2D eigenvalue weighted by Gasteiger charge is 2.18. The molecule has 6 nitrogen and oxygen atoms in total. The maximum absolute atomic E-state index is 12.7. The van der Waals surface area contributed by atoms with E-state index in [0.717, 1.165) is 5.56 Å². The first-order valence-electron chi connectivity index (χ1n) is 8.41. The summed E-state index contributed by atoms with van der Waals surface area (Å²) in [5, 5.41) is 0.423. The summed E-state index contributed by atoms with van der Waals surface area (Å²) in [6, 6.07) is 13.0. The van der Waals surface area contributed by atoms with Gasteiger partial charge in [-0.2, -0.15) is 0 Å². The summed E-state index contributed by atoms with van der Waals surface area (Å²) in [7, 11) is 0. The Bertz CT molecular complexity index is 868. The van der Waals surface area contributed by atoms with Crippen molar-refractivity contribution in [2.24, 2.45) is 5.73 Å². The molecule has 0 spiro atoms. The van der Waals surface area contributed by atoms with Crippen LogP contribution in [0.15, 0.2) is 48.5 Å². The number of benzene rings is 2. The van der Waals surface area contributed by atoms with Gasteiger partial charge < -0.3 is 20.1 Å². The SMILES string of the molecule is NC(=O)CCN(Cc1ccccc1)C(=O)/C=C/c1cc(Cl)c2c(c1)OCO2. The molecule has 1 heterocycles. The number of halogens is 1. The molecule has 0 fully saturated rings. The lowest BCUT2D eigenvalue weighted by Crippen LogP contribution is -2.32. The minimum Gasteiger partial charge on any atom is -0.454 e. The third-order valence-electron chi connectivity index (χ3n) is 4.02. The predicted octanol–water partition coefficient (Wildman–Crippen LogP) is 2.99. The monoisotopic (exact) mass is 386 g/mol. The van der Waals surface area contributed by atoms with Crippen LogP contribution in [-0.4, -0.2) is 30.1 Å². The highest BCUT2D eigenvalue weighted by molar-refractivity contribution is 6.32. The Labute approximate surface area is 162 Å². The topological polar surface area (TPSA) is 81.9 Å². The molecule has 2 aromatic rings. The highest BCUT2D eigenvalue weighted by atomic mass is 35.5. The van der Waals surface area contributed by atoms with Gasteiger partial charge >= 0.3 is 0 Å². The Morgan fingerprint density at radius 3 is 2.70 bits per heavy atom. The van der Waals surface area contributed by atoms with Crippen LogP contribution in [0.1, 0.15) is 17.5 Å². The van der Waals surface area contributed by atoms with Crippen molar-refractivity contribution in [2.45, 2.75) is 13.0 Å². The summed E-state index contributed by atoms with van der Waals surface area (Å²) < 4.78 is 10.6. The van der Waals surface area contributed by atoms with Gasteiger partial charge in [0.15, 0.2) is 11.5 Å². The molecule has 0 atom stereocenters. The highest BCUT2D eigenvalue weighted by Crippen LogP contribution is 2.40. The maximum atomic E-state index is 12.7. The zero-order chi connectivity index (χ0) is 19.2. The molecule has 2 aromatic carbocycles. The first-order chi connectivity index (χ1) is 13.0. The number of ether oxygens (including phenoxy) is 2. The number of fused-ring (bicyclic) bond motifs is 1. The molecule has 0 unspecified atom stereocenters. The van der Waals surface area contributed by atoms with Crippen LogP contribution in [0.4, 0.5) is 0 Å². The molecule has 0 saturated carbocycles. The number of nitrogens with two attached hydrogens (primary N) is 1. The molecule has 0 aliphatic carbocycles. The number of hydrogen-bond donors (Lipinski definition) is 1. The van der Waals surface area contributed by atoms with Crippen molar-refractivity contribution in [3.05, 3.63) is 64.7 Å². The van der Waals surface area contributed by atoms with Crippen LogP contribution in [0.5, 0.6) is 11.5 Å². The van der Waals surface area contributed by atoms with Gasteiger partial charge in [-0.25, -0.2) is 0 Å². The van der Waals surface area contributed by atoms with Crippen molar-refractivity contribution in [3.8, 4) is 11.5 Å². The fourth-order valence-corrected chi connectivity index (χ4v) is 2.95. The molecular formula is C20H19ClN2O4. The van der Waals surface area contributed by atoms with E-state index in [1.165, 1.54) is 6.08 Å². The van der Waals surface area contributed by atoms with Gasteiger partial charge in [0.25, 0.3) is 0 Å². The quantitative estimate of drug-likeness (QED) is 0.741. The lowest BCUT2D eigenvalue weighted by atomic mass is 10.1. The molecule has 1 aliphatic heterocycles. The standard InChI is InChI=1S/C20H19ClN2O4/c21-16-10-15(11-17-20(16)27-13-26-17)6-7-19(25)23(9-8-18(22)24)12-14-4-2-1-3-5-14/h1-7,10-11H,8-9,12-13H2,(H2,22,24)/b7-6+. The van der Waals surface area contributed by atoms with Gasteiger partial charge in [-0.1, -0.05) is 41.9 Å². The van der Waals surface area contributed by atoms with Crippen LogP contribution in [0.2, 0.25) is 5.02 Å². The number of carbonyl (C=O) groups is 2. The van der Waals surface area contributed by atoms with E-state index in [1.807, 2.05) is 30.3 Å². The van der Waals surface area contributed by atoms with Crippen molar-refractivity contribution in [1.29, 1.82) is 0 Å². The average molecular weight is 387 g/mol. The van der Waals surface area contributed by atoms with Crippen molar-refractivity contribution in [2.75, 3.05) is 13.3 Å². The largest absolute Gasteiger partial charge is 0.454 e. The zero-order valence-corrected chi connectivity index (χ0v) is 15.3. The van der Waals surface area contributed by atoms with E-state index in [4.69, 9.17) is 26.8 Å². The Morgan fingerprint density at radius 1 is 1.19 bits per heavy atom. The molecule has 3 rings (SSSR count). The van der Waals surface area contributed by atoms with E-state index in [1.54, 1.807) is 23.1 Å². The van der Waals surface area contributed by atoms with Gasteiger partial charge in [0.2, 0.25) is 18.6 Å². The van der Waals surface area contributed by atoms with Crippen molar-refractivity contribution in [3.63, 3.8) is 0 Å². The second-order valence-electron chi connectivity index (χ2n) is 6.03. The second-order valence-corrected chi connectivity index (χ2v) is 6.44. The van der Waals surface area contributed by atoms with E-state index >= 15 is 0 Å². The smallest absolute Gasteiger partial charge is 0.246 e. The van der Waals surface area contributed by atoms with E-state index in [-0.39, 0.29) is 25.7 Å². The normalized spacial score (nSPS) is 12.3. The minimum atomic E-state index is -0.451. The zero-order valence-electron chi connectivity index (χ0n) is 14.6. The van der Waals surface area contributed by atoms with Crippen molar-refractivity contribution >= 4 is 29.5 Å². The van der Waals surface area contributed by atoms with Gasteiger partial charge in [0, 0.05) is 25.6 Å². The number of nitrogens with zero attached hydrogens (tertiary/aromatic N) is 1. The Hall–Kier alpha value is -2.99. The fraction of sp³-hybridized carbons (Fsp3) is 0.200. The third-order valence-corrected chi connectivity index (χ3v) is 4.30. The van der Waals surface area contributed by atoms with Crippen LogP contribution >= 0.6 is 11.6 Å². The Morgan fingerprint density at radius 2 is 1.96 bits per heavy atom. The Kier molecular flexibility index (Phi) is 5.98. The van der Waals surface area contributed by atoms with E-state index in [2.05, 4.69) is 0 Å². The summed E-state index contributed by atoms with van der Waals surface area (Å²) >= 11 is 6.16. The van der Waals surface area contributed by atoms with Crippen LogP contribution in [0.25, 0.3) is 6.08 Å². The van der Waals surface area contributed by atoms with Gasteiger partial charge in [-0.3, -0.25) is 9.59 Å². The molecule has 140 valence electrons. The summed E-state index contributed by atoms with van der Waals surface area (Å²) in [6.45, 7) is 0.758. The predicted molar refractivity (Wildman–Crippen MR) is 102 cm³/mol.